The maximum atomic E-state index is 11.9. The Hall–Kier alpha value is -2.88. The van der Waals surface area contributed by atoms with Gasteiger partial charge in [-0.2, -0.15) is 0 Å². The highest BCUT2D eigenvalue weighted by molar-refractivity contribution is 6.02. The quantitative estimate of drug-likeness (QED) is 0.846. The van der Waals surface area contributed by atoms with Crippen LogP contribution in [0, 0.1) is 13.8 Å². The zero-order valence-corrected chi connectivity index (χ0v) is 12.5. The standard InChI is InChI=1S/C18H17NO3/c1-12-3-5-14(6-4-12)7-10-17(20)19-16-9-8-15(18(21)22)11-13(16)2/h3-11H,1-2H3,(H,19,20)(H,21,22)/b10-7+. The molecule has 4 nitrogen and oxygen atoms in total. The van der Waals surface area contributed by atoms with Crippen molar-refractivity contribution in [3.05, 3.63) is 70.8 Å². The van der Waals surface area contributed by atoms with Crippen molar-refractivity contribution in [3.63, 3.8) is 0 Å². The summed E-state index contributed by atoms with van der Waals surface area (Å²) in [5, 5.41) is 11.7. The first-order valence-corrected chi connectivity index (χ1v) is 6.85. The van der Waals surface area contributed by atoms with E-state index in [-0.39, 0.29) is 11.5 Å². The first-order valence-electron chi connectivity index (χ1n) is 6.85. The van der Waals surface area contributed by atoms with Crippen LogP contribution in [0.3, 0.4) is 0 Å². The van der Waals surface area contributed by atoms with Crippen LogP contribution in [-0.2, 0) is 4.79 Å². The summed E-state index contributed by atoms with van der Waals surface area (Å²) in [5.41, 5.74) is 3.61. The van der Waals surface area contributed by atoms with E-state index in [0.717, 1.165) is 11.1 Å². The van der Waals surface area contributed by atoms with Crippen LogP contribution in [0.1, 0.15) is 27.0 Å². The van der Waals surface area contributed by atoms with Gasteiger partial charge in [0, 0.05) is 11.8 Å². The number of anilines is 1. The molecule has 2 aromatic rings. The summed E-state index contributed by atoms with van der Waals surface area (Å²) in [6.45, 7) is 3.76. The molecule has 0 heterocycles. The number of carboxylic acid groups (broad SMARTS) is 1. The van der Waals surface area contributed by atoms with Crippen LogP contribution in [0.4, 0.5) is 5.69 Å². The molecule has 0 fully saturated rings. The first-order chi connectivity index (χ1) is 10.5. The topological polar surface area (TPSA) is 66.4 Å². The zero-order valence-electron chi connectivity index (χ0n) is 12.5. The van der Waals surface area contributed by atoms with E-state index < -0.39 is 5.97 Å². The molecule has 2 rings (SSSR count). The summed E-state index contributed by atoms with van der Waals surface area (Å²) < 4.78 is 0. The number of benzene rings is 2. The van der Waals surface area contributed by atoms with Crippen LogP contribution in [0.2, 0.25) is 0 Å². The summed E-state index contributed by atoms with van der Waals surface area (Å²) in [6, 6.07) is 12.4. The average molecular weight is 295 g/mol. The highest BCUT2D eigenvalue weighted by Gasteiger charge is 2.06. The van der Waals surface area contributed by atoms with Crippen molar-refractivity contribution in [3.8, 4) is 0 Å². The predicted octanol–water partition coefficient (Wildman–Crippen LogP) is 3.65. The van der Waals surface area contributed by atoms with Crippen molar-refractivity contribution in [1.82, 2.24) is 0 Å². The summed E-state index contributed by atoms with van der Waals surface area (Å²) in [5.74, 6) is -1.24. The van der Waals surface area contributed by atoms with Crippen molar-refractivity contribution >= 4 is 23.6 Å². The summed E-state index contributed by atoms with van der Waals surface area (Å²) >= 11 is 0. The molecule has 22 heavy (non-hydrogen) atoms. The van der Waals surface area contributed by atoms with Crippen LogP contribution in [0.5, 0.6) is 0 Å². The minimum atomic E-state index is -0.986. The van der Waals surface area contributed by atoms with Gasteiger partial charge in [-0.1, -0.05) is 29.8 Å². The Bertz CT molecular complexity index is 730. The van der Waals surface area contributed by atoms with Gasteiger partial charge in [0.15, 0.2) is 0 Å². The number of hydrogen-bond acceptors (Lipinski definition) is 2. The van der Waals surface area contributed by atoms with E-state index >= 15 is 0 Å². The summed E-state index contributed by atoms with van der Waals surface area (Å²) in [7, 11) is 0. The molecule has 0 saturated heterocycles. The van der Waals surface area contributed by atoms with Crippen LogP contribution < -0.4 is 5.32 Å². The summed E-state index contributed by atoms with van der Waals surface area (Å²) in [6.07, 6.45) is 3.19. The molecule has 0 atom stereocenters. The fourth-order valence-electron chi connectivity index (χ4n) is 1.96. The van der Waals surface area contributed by atoms with Crippen LogP contribution in [0.25, 0.3) is 6.08 Å². The third-order valence-electron chi connectivity index (χ3n) is 3.24. The fraction of sp³-hybridized carbons (Fsp3) is 0.111. The maximum Gasteiger partial charge on any atom is 0.335 e. The van der Waals surface area contributed by atoms with Gasteiger partial charge in [0.05, 0.1) is 5.56 Å². The molecule has 0 radical (unpaired) electrons. The van der Waals surface area contributed by atoms with Gasteiger partial charge in [-0.3, -0.25) is 4.79 Å². The van der Waals surface area contributed by atoms with Crippen molar-refractivity contribution in [2.45, 2.75) is 13.8 Å². The van der Waals surface area contributed by atoms with Crippen LogP contribution >= 0.6 is 0 Å². The zero-order chi connectivity index (χ0) is 16.1. The number of carbonyl (C=O) groups is 2. The molecule has 0 aromatic heterocycles. The number of aryl methyl sites for hydroxylation is 2. The molecular formula is C18H17NO3. The van der Waals surface area contributed by atoms with Crippen molar-refractivity contribution in [2.75, 3.05) is 5.32 Å². The molecule has 0 aliphatic carbocycles. The molecule has 2 aromatic carbocycles. The number of nitrogens with one attached hydrogen (secondary N) is 1. The van der Waals surface area contributed by atoms with Gasteiger partial charge in [-0.15, -0.1) is 0 Å². The number of rotatable bonds is 4. The second-order valence-electron chi connectivity index (χ2n) is 5.07. The van der Waals surface area contributed by atoms with E-state index in [9.17, 15) is 9.59 Å². The van der Waals surface area contributed by atoms with Crippen molar-refractivity contribution < 1.29 is 14.7 Å². The number of hydrogen-bond donors (Lipinski definition) is 2. The van der Waals surface area contributed by atoms with E-state index in [0.29, 0.717) is 11.3 Å². The minimum Gasteiger partial charge on any atom is -0.478 e. The normalized spacial score (nSPS) is 10.6. The van der Waals surface area contributed by atoms with Gasteiger partial charge in [-0.05, 0) is 49.2 Å². The molecule has 112 valence electrons. The Morgan fingerprint density at radius 2 is 1.73 bits per heavy atom. The van der Waals surface area contributed by atoms with Gasteiger partial charge < -0.3 is 10.4 Å². The Balaban J connectivity index is 2.05. The van der Waals surface area contributed by atoms with E-state index in [4.69, 9.17) is 5.11 Å². The van der Waals surface area contributed by atoms with E-state index in [1.165, 1.54) is 18.2 Å². The molecule has 0 unspecified atom stereocenters. The highest BCUT2D eigenvalue weighted by atomic mass is 16.4. The Morgan fingerprint density at radius 1 is 1.05 bits per heavy atom. The molecule has 0 aliphatic heterocycles. The lowest BCUT2D eigenvalue weighted by atomic mass is 10.1. The Kier molecular flexibility index (Phi) is 4.73. The third kappa shape index (κ3) is 4.06. The van der Waals surface area contributed by atoms with E-state index in [2.05, 4.69) is 5.32 Å². The fourth-order valence-corrected chi connectivity index (χ4v) is 1.96. The number of carbonyl (C=O) groups excluding carboxylic acids is 1. The highest BCUT2D eigenvalue weighted by Crippen LogP contribution is 2.16. The van der Waals surface area contributed by atoms with Gasteiger partial charge in [0.1, 0.15) is 0 Å². The molecule has 4 heteroatoms. The van der Waals surface area contributed by atoms with Crippen molar-refractivity contribution in [2.24, 2.45) is 0 Å². The Labute approximate surface area is 129 Å². The summed E-state index contributed by atoms with van der Waals surface area (Å²) in [4.78, 5) is 22.8. The predicted molar refractivity (Wildman–Crippen MR) is 87.0 cm³/mol. The Morgan fingerprint density at radius 3 is 2.32 bits per heavy atom. The van der Waals surface area contributed by atoms with Crippen LogP contribution in [0.15, 0.2) is 48.5 Å². The van der Waals surface area contributed by atoms with E-state index in [1.54, 1.807) is 19.1 Å². The number of amides is 1. The molecule has 0 bridgehead atoms. The van der Waals surface area contributed by atoms with Crippen LogP contribution in [-0.4, -0.2) is 17.0 Å². The second kappa shape index (κ2) is 6.72. The smallest absolute Gasteiger partial charge is 0.335 e. The molecule has 2 N–H and O–H groups in total. The lowest BCUT2D eigenvalue weighted by Crippen LogP contribution is -2.09. The maximum absolute atomic E-state index is 11.9. The van der Waals surface area contributed by atoms with Gasteiger partial charge in [0.25, 0.3) is 0 Å². The molecular weight excluding hydrogens is 278 g/mol. The van der Waals surface area contributed by atoms with Crippen molar-refractivity contribution in [1.29, 1.82) is 0 Å². The lowest BCUT2D eigenvalue weighted by molar-refractivity contribution is -0.111. The second-order valence-corrected chi connectivity index (χ2v) is 5.07. The first kappa shape index (κ1) is 15.5. The third-order valence-corrected chi connectivity index (χ3v) is 3.24. The van der Waals surface area contributed by atoms with Gasteiger partial charge in [-0.25, -0.2) is 4.79 Å². The molecule has 0 spiro atoms. The van der Waals surface area contributed by atoms with E-state index in [1.807, 2.05) is 31.2 Å². The monoisotopic (exact) mass is 295 g/mol. The van der Waals surface area contributed by atoms with Gasteiger partial charge >= 0.3 is 5.97 Å². The SMILES string of the molecule is Cc1ccc(/C=C/C(=O)Nc2ccc(C(=O)O)cc2C)cc1. The number of carboxylic acids is 1. The average Bonchev–Trinajstić information content (AvgIpc) is 2.48. The largest absolute Gasteiger partial charge is 0.478 e. The molecule has 0 aliphatic rings. The minimum absolute atomic E-state index is 0.200. The number of aromatic carboxylic acids is 1. The van der Waals surface area contributed by atoms with Gasteiger partial charge in [0.2, 0.25) is 5.91 Å². The molecule has 0 saturated carbocycles. The lowest BCUT2D eigenvalue weighted by Gasteiger charge is -2.07. The molecule has 1 amide bonds.